The molecule has 0 aliphatic carbocycles. The summed E-state index contributed by atoms with van der Waals surface area (Å²) >= 11 is 0.944. The first-order chi connectivity index (χ1) is 7.84. The molecule has 0 aromatic carbocycles. The molecule has 0 spiro atoms. The lowest BCUT2D eigenvalue weighted by Gasteiger charge is -2.14. The van der Waals surface area contributed by atoms with Crippen LogP contribution in [0.3, 0.4) is 0 Å². The lowest BCUT2D eigenvalue weighted by atomic mass is 10.1. The van der Waals surface area contributed by atoms with Crippen molar-refractivity contribution in [3.05, 3.63) is 11.3 Å². The van der Waals surface area contributed by atoms with E-state index in [9.17, 15) is 9.59 Å². The molecule has 0 aliphatic heterocycles. The van der Waals surface area contributed by atoms with Crippen LogP contribution in [0.25, 0.3) is 0 Å². The Bertz CT molecular complexity index is 442. The smallest absolute Gasteiger partial charge is 0.340 e. The normalized spacial score (nSPS) is 12.5. The molecule has 0 radical (unpaired) electrons. The average Bonchev–Trinajstić information content (AvgIpc) is 2.58. The molecule has 1 aromatic rings. The first-order valence-corrected chi connectivity index (χ1v) is 5.88. The van der Waals surface area contributed by atoms with E-state index < -0.39 is 17.9 Å². The number of anilines is 1. The maximum atomic E-state index is 11.7. The highest BCUT2D eigenvalue weighted by molar-refractivity contribution is 7.11. The van der Waals surface area contributed by atoms with Crippen LogP contribution in [0.2, 0.25) is 0 Å². The van der Waals surface area contributed by atoms with Crippen LogP contribution < -0.4 is 11.1 Å². The van der Waals surface area contributed by atoms with Gasteiger partial charge in [0, 0.05) is 0 Å². The third-order valence-corrected chi connectivity index (χ3v) is 3.19. The Morgan fingerprint density at radius 3 is 2.53 bits per heavy atom. The third-order valence-electron chi connectivity index (χ3n) is 2.33. The Kier molecular flexibility index (Phi) is 4.19. The first kappa shape index (κ1) is 13.6. The molecule has 0 saturated carbocycles. The number of hydrogen-bond acceptors (Lipinski definition) is 5. The van der Waals surface area contributed by atoms with Gasteiger partial charge in [0.25, 0.3) is 0 Å². The molecule has 0 bridgehead atoms. The van der Waals surface area contributed by atoms with Gasteiger partial charge < -0.3 is 16.2 Å². The summed E-state index contributed by atoms with van der Waals surface area (Å²) in [6, 6.07) is -0.668. The van der Waals surface area contributed by atoms with E-state index in [0.29, 0.717) is 5.69 Å². The number of carbonyl (C=O) groups excluding carboxylic acids is 1. The monoisotopic (exact) mass is 257 g/mol. The lowest BCUT2D eigenvalue weighted by Crippen LogP contribution is -2.39. The number of hydrogen-bond donors (Lipinski definition) is 3. The molecule has 0 unspecified atom stereocenters. The average molecular weight is 257 g/mol. The largest absolute Gasteiger partial charge is 0.478 e. The minimum atomic E-state index is -1.11. The number of aromatic carboxylic acids is 1. The van der Waals surface area contributed by atoms with Crippen LogP contribution in [0.15, 0.2) is 0 Å². The number of aryl methyl sites for hydroxylation is 1. The summed E-state index contributed by atoms with van der Waals surface area (Å²) in [5.74, 6) is -1.52. The molecule has 1 atom stereocenters. The molecule has 0 fully saturated rings. The Labute approximate surface area is 103 Å². The molecule has 1 heterocycles. The van der Waals surface area contributed by atoms with Crippen molar-refractivity contribution in [1.29, 1.82) is 0 Å². The Hall–Kier alpha value is -1.47. The molecule has 1 amide bonds. The van der Waals surface area contributed by atoms with Crippen molar-refractivity contribution in [1.82, 2.24) is 4.37 Å². The number of rotatable bonds is 4. The number of nitrogens with two attached hydrogens (primary N) is 1. The van der Waals surface area contributed by atoms with Gasteiger partial charge in [-0.1, -0.05) is 13.8 Å². The fraction of sp³-hybridized carbons (Fsp3) is 0.500. The van der Waals surface area contributed by atoms with E-state index >= 15 is 0 Å². The van der Waals surface area contributed by atoms with E-state index in [1.165, 1.54) is 0 Å². The van der Waals surface area contributed by atoms with Crippen molar-refractivity contribution in [2.45, 2.75) is 26.8 Å². The molecular weight excluding hydrogens is 242 g/mol. The maximum Gasteiger partial charge on any atom is 0.340 e. The minimum Gasteiger partial charge on any atom is -0.478 e. The topological polar surface area (TPSA) is 105 Å². The zero-order chi connectivity index (χ0) is 13.2. The lowest BCUT2D eigenvalue weighted by molar-refractivity contribution is -0.118. The van der Waals surface area contributed by atoms with E-state index in [2.05, 4.69) is 9.69 Å². The predicted molar refractivity (Wildman–Crippen MR) is 65.3 cm³/mol. The molecule has 0 aliphatic rings. The predicted octanol–water partition coefficient (Wildman–Crippen LogP) is 1.07. The van der Waals surface area contributed by atoms with Gasteiger partial charge >= 0.3 is 5.97 Å². The Morgan fingerprint density at radius 2 is 2.06 bits per heavy atom. The molecule has 1 rings (SSSR count). The van der Waals surface area contributed by atoms with E-state index in [4.69, 9.17) is 10.8 Å². The number of carbonyl (C=O) groups is 2. The molecule has 4 N–H and O–H groups in total. The standard InChI is InChI=1S/C10H15N3O3S/c1-4(2)7(11)8(14)12-9-6(10(15)16)5(3)13-17-9/h4,7H,11H2,1-3H3,(H,12,14)(H,15,16)/t7-/m1/s1. The summed E-state index contributed by atoms with van der Waals surface area (Å²) in [5, 5.41) is 11.7. The van der Waals surface area contributed by atoms with Crippen LogP contribution >= 0.6 is 11.5 Å². The van der Waals surface area contributed by atoms with Gasteiger partial charge in [-0.25, -0.2) is 4.79 Å². The quantitative estimate of drug-likeness (QED) is 0.748. The van der Waals surface area contributed by atoms with E-state index in [0.717, 1.165) is 11.5 Å². The van der Waals surface area contributed by atoms with Crippen LogP contribution in [0.5, 0.6) is 0 Å². The van der Waals surface area contributed by atoms with E-state index in [1.807, 2.05) is 13.8 Å². The van der Waals surface area contributed by atoms with Crippen LogP contribution in [0, 0.1) is 12.8 Å². The second kappa shape index (κ2) is 5.24. The van der Waals surface area contributed by atoms with Crippen molar-refractivity contribution in [3.8, 4) is 0 Å². The van der Waals surface area contributed by atoms with Crippen molar-refractivity contribution >= 4 is 28.4 Å². The number of nitrogens with one attached hydrogen (secondary N) is 1. The van der Waals surface area contributed by atoms with Crippen molar-refractivity contribution in [2.24, 2.45) is 11.7 Å². The number of carboxylic acids is 1. The highest BCUT2D eigenvalue weighted by Crippen LogP contribution is 2.24. The van der Waals surface area contributed by atoms with Gasteiger partial charge in [-0.15, -0.1) is 0 Å². The number of aromatic nitrogens is 1. The molecule has 7 heteroatoms. The Morgan fingerprint density at radius 1 is 1.47 bits per heavy atom. The summed E-state index contributed by atoms with van der Waals surface area (Å²) in [6.45, 7) is 5.22. The number of carboxylic acid groups (broad SMARTS) is 1. The zero-order valence-electron chi connectivity index (χ0n) is 9.85. The van der Waals surface area contributed by atoms with Crippen molar-refractivity contribution in [3.63, 3.8) is 0 Å². The second-order valence-corrected chi connectivity index (χ2v) is 4.81. The summed E-state index contributed by atoms with van der Waals surface area (Å²) in [4.78, 5) is 22.7. The molecule has 0 saturated heterocycles. The number of amides is 1. The minimum absolute atomic E-state index is 0.0164. The second-order valence-electron chi connectivity index (χ2n) is 4.04. The molecular formula is C10H15N3O3S. The van der Waals surface area contributed by atoms with Gasteiger partial charge in [0.2, 0.25) is 5.91 Å². The summed E-state index contributed by atoms with van der Waals surface area (Å²) in [6.07, 6.45) is 0. The summed E-state index contributed by atoms with van der Waals surface area (Å²) in [7, 11) is 0. The van der Waals surface area contributed by atoms with Crippen LogP contribution in [0.1, 0.15) is 29.9 Å². The number of nitrogens with zero attached hydrogens (tertiary/aromatic N) is 1. The Balaban J connectivity index is 2.89. The van der Waals surface area contributed by atoms with Crippen LogP contribution in [-0.2, 0) is 4.79 Å². The van der Waals surface area contributed by atoms with Crippen LogP contribution in [-0.4, -0.2) is 27.4 Å². The van der Waals surface area contributed by atoms with Gasteiger partial charge in [0.05, 0.1) is 11.7 Å². The van der Waals surface area contributed by atoms with Gasteiger partial charge in [-0.3, -0.25) is 4.79 Å². The van der Waals surface area contributed by atoms with Gasteiger partial charge in [0.15, 0.2) is 0 Å². The molecule has 17 heavy (non-hydrogen) atoms. The fourth-order valence-electron chi connectivity index (χ4n) is 1.20. The van der Waals surface area contributed by atoms with E-state index in [-0.39, 0.29) is 16.5 Å². The molecule has 1 aromatic heterocycles. The van der Waals surface area contributed by atoms with Crippen molar-refractivity contribution in [2.75, 3.05) is 5.32 Å². The van der Waals surface area contributed by atoms with Gasteiger partial charge in [-0.05, 0) is 24.4 Å². The highest BCUT2D eigenvalue weighted by atomic mass is 32.1. The zero-order valence-corrected chi connectivity index (χ0v) is 10.7. The van der Waals surface area contributed by atoms with Crippen LogP contribution in [0.4, 0.5) is 5.00 Å². The third kappa shape index (κ3) is 3.01. The fourth-order valence-corrected chi connectivity index (χ4v) is 2.00. The molecule has 6 nitrogen and oxygen atoms in total. The SMILES string of the molecule is Cc1nsc(NC(=O)[C@H](N)C(C)C)c1C(=O)O. The summed E-state index contributed by atoms with van der Waals surface area (Å²) in [5.41, 5.74) is 6.08. The van der Waals surface area contributed by atoms with Gasteiger partial charge in [0.1, 0.15) is 10.6 Å². The highest BCUT2D eigenvalue weighted by Gasteiger charge is 2.23. The van der Waals surface area contributed by atoms with Gasteiger partial charge in [-0.2, -0.15) is 4.37 Å². The molecule has 94 valence electrons. The van der Waals surface area contributed by atoms with E-state index in [1.54, 1.807) is 6.92 Å². The maximum absolute atomic E-state index is 11.7. The van der Waals surface area contributed by atoms with Crippen molar-refractivity contribution < 1.29 is 14.7 Å². The summed E-state index contributed by atoms with van der Waals surface area (Å²) < 4.78 is 3.90. The first-order valence-electron chi connectivity index (χ1n) is 5.10.